The average molecular weight is 443 g/mol. The molecule has 1 fully saturated rings. The number of rotatable bonds is 6. The molecular weight excluding hydrogens is 420 g/mol. The van der Waals surface area contributed by atoms with E-state index in [1.54, 1.807) is 7.11 Å². The molecule has 2 heterocycles. The van der Waals surface area contributed by atoms with Gasteiger partial charge in [0.15, 0.2) is 5.13 Å². The maximum atomic E-state index is 12.8. The number of carbonyl (C=O) groups excluding carboxylic acids is 1. The fourth-order valence-electron chi connectivity index (χ4n) is 3.49. The lowest BCUT2D eigenvalue weighted by Crippen LogP contribution is -2.49. The Balaban J connectivity index is 1.31. The Kier molecular flexibility index (Phi) is 6.40. The van der Waals surface area contributed by atoms with Crippen LogP contribution in [-0.2, 0) is 11.2 Å². The number of methoxy groups -OCH3 is 1. The number of benzene rings is 2. The summed E-state index contributed by atoms with van der Waals surface area (Å²) in [4.78, 5) is 21.5. The summed E-state index contributed by atoms with van der Waals surface area (Å²) in [5.74, 6) is 0.966. The number of para-hydroxylation sites is 2. The molecule has 1 N–H and O–H groups in total. The number of halogens is 1. The number of carbonyl (C=O) groups is 1. The minimum atomic E-state index is 0.106. The molecule has 2 aromatic carbocycles. The van der Waals surface area contributed by atoms with Crippen molar-refractivity contribution in [1.29, 1.82) is 0 Å². The van der Waals surface area contributed by atoms with E-state index in [1.807, 2.05) is 52.7 Å². The van der Waals surface area contributed by atoms with Crippen molar-refractivity contribution in [2.24, 2.45) is 0 Å². The second-order valence-corrected chi connectivity index (χ2v) is 8.29. The zero-order valence-electron chi connectivity index (χ0n) is 16.7. The number of hydrogen-bond donors (Lipinski definition) is 1. The first kappa shape index (κ1) is 20.5. The van der Waals surface area contributed by atoms with Crippen LogP contribution in [0.3, 0.4) is 0 Å². The van der Waals surface area contributed by atoms with Gasteiger partial charge >= 0.3 is 0 Å². The van der Waals surface area contributed by atoms with Gasteiger partial charge in [0.1, 0.15) is 5.75 Å². The molecular formula is C22H23ClN4O2S. The zero-order valence-corrected chi connectivity index (χ0v) is 18.2. The Labute approximate surface area is 185 Å². The van der Waals surface area contributed by atoms with E-state index in [2.05, 4.69) is 21.3 Å². The molecule has 30 heavy (non-hydrogen) atoms. The molecule has 8 heteroatoms. The molecule has 0 radical (unpaired) electrons. The number of piperazine rings is 1. The first-order valence-corrected chi connectivity index (χ1v) is 11.0. The lowest BCUT2D eigenvalue weighted by Gasteiger charge is -2.36. The minimum Gasteiger partial charge on any atom is -0.495 e. The maximum absolute atomic E-state index is 12.8. The van der Waals surface area contributed by atoms with Crippen molar-refractivity contribution in [3.63, 3.8) is 0 Å². The molecule has 0 atom stereocenters. The first-order chi connectivity index (χ1) is 14.6. The number of anilines is 3. The zero-order chi connectivity index (χ0) is 20.9. The SMILES string of the molecule is COc1ccccc1N1CCN(C(=O)Cc2csc(Nc3cccc(Cl)c3)n2)CC1. The standard InChI is InChI=1S/C22H23ClN4O2S/c1-29-20-8-3-2-7-19(20)26-9-11-27(12-10-26)21(28)14-18-15-30-22(25-18)24-17-6-4-5-16(23)13-17/h2-8,13,15H,9-12,14H2,1H3,(H,24,25). The quantitative estimate of drug-likeness (QED) is 0.611. The second-order valence-electron chi connectivity index (χ2n) is 7.00. The molecule has 1 saturated heterocycles. The van der Waals surface area contributed by atoms with Gasteiger partial charge in [0, 0.05) is 42.3 Å². The molecule has 0 saturated carbocycles. The van der Waals surface area contributed by atoms with Crippen molar-refractivity contribution in [2.75, 3.05) is 43.5 Å². The van der Waals surface area contributed by atoms with E-state index in [1.165, 1.54) is 11.3 Å². The van der Waals surface area contributed by atoms with Gasteiger partial charge in [-0.25, -0.2) is 4.98 Å². The Morgan fingerprint density at radius 1 is 1.17 bits per heavy atom. The first-order valence-electron chi connectivity index (χ1n) is 9.75. The predicted octanol–water partition coefficient (Wildman–Crippen LogP) is 4.44. The van der Waals surface area contributed by atoms with E-state index in [-0.39, 0.29) is 5.91 Å². The second kappa shape index (κ2) is 9.36. The summed E-state index contributed by atoms with van der Waals surface area (Å²) in [5, 5.41) is 6.58. The van der Waals surface area contributed by atoms with E-state index >= 15 is 0 Å². The molecule has 4 rings (SSSR count). The van der Waals surface area contributed by atoms with Gasteiger partial charge in [-0.15, -0.1) is 11.3 Å². The number of amides is 1. The van der Waals surface area contributed by atoms with Gasteiger partial charge < -0.3 is 19.9 Å². The van der Waals surface area contributed by atoms with Gasteiger partial charge in [0.2, 0.25) is 5.91 Å². The molecule has 1 aromatic heterocycles. The highest BCUT2D eigenvalue weighted by Gasteiger charge is 2.23. The minimum absolute atomic E-state index is 0.106. The number of nitrogens with zero attached hydrogens (tertiary/aromatic N) is 3. The monoisotopic (exact) mass is 442 g/mol. The van der Waals surface area contributed by atoms with Crippen LogP contribution in [0.25, 0.3) is 0 Å². The molecule has 0 unspecified atom stereocenters. The van der Waals surface area contributed by atoms with Crippen molar-refractivity contribution in [2.45, 2.75) is 6.42 Å². The highest BCUT2D eigenvalue weighted by Crippen LogP contribution is 2.28. The fourth-order valence-corrected chi connectivity index (χ4v) is 4.41. The third-order valence-corrected chi connectivity index (χ3v) is 6.06. The maximum Gasteiger partial charge on any atom is 0.228 e. The number of ether oxygens (including phenoxy) is 1. The van der Waals surface area contributed by atoms with Crippen molar-refractivity contribution < 1.29 is 9.53 Å². The summed E-state index contributed by atoms with van der Waals surface area (Å²) in [7, 11) is 1.68. The number of thiazole rings is 1. The van der Waals surface area contributed by atoms with Crippen molar-refractivity contribution in [3.8, 4) is 5.75 Å². The van der Waals surface area contributed by atoms with Gasteiger partial charge in [-0.05, 0) is 30.3 Å². The van der Waals surface area contributed by atoms with Crippen LogP contribution < -0.4 is 15.0 Å². The Morgan fingerprint density at radius 2 is 1.97 bits per heavy atom. The summed E-state index contributed by atoms with van der Waals surface area (Å²) in [6, 6.07) is 15.5. The normalized spacial score (nSPS) is 13.9. The molecule has 1 aliphatic rings. The molecule has 1 amide bonds. The molecule has 1 aliphatic heterocycles. The van der Waals surface area contributed by atoms with Gasteiger partial charge in [-0.2, -0.15) is 0 Å². The van der Waals surface area contributed by atoms with Gasteiger partial charge in [0.25, 0.3) is 0 Å². The number of nitrogens with one attached hydrogen (secondary N) is 1. The van der Waals surface area contributed by atoms with Crippen LogP contribution in [0.4, 0.5) is 16.5 Å². The van der Waals surface area contributed by atoms with E-state index in [0.717, 1.165) is 41.0 Å². The van der Waals surface area contributed by atoms with Crippen LogP contribution in [0.15, 0.2) is 53.9 Å². The van der Waals surface area contributed by atoms with Crippen molar-refractivity contribution >= 4 is 45.4 Å². The smallest absolute Gasteiger partial charge is 0.228 e. The summed E-state index contributed by atoms with van der Waals surface area (Å²) in [5.41, 5.74) is 2.73. The number of hydrogen-bond acceptors (Lipinski definition) is 6. The molecule has 156 valence electrons. The Bertz CT molecular complexity index is 1020. The summed E-state index contributed by atoms with van der Waals surface area (Å²) < 4.78 is 5.46. The lowest BCUT2D eigenvalue weighted by molar-refractivity contribution is -0.130. The number of aromatic nitrogens is 1. The lowest BCUT2D eigenvalue weighted by atomic mass is 10.2. The summed E-state index contributed by atoms with van der Waals surface area (Å²) >= 11 is 7.50. The van der Waals surface area contributed by atoms with Gasteiger partial charge in [-0.1, -0.05) is 29.8 Å². The third-order valence-electron chi connectivity index (χ3n) is 5.02. The van der Waals surface area contributed by atoms with E-state index < -0.39 is 0 Å². The topological polar surface area (TPSA) is 57.7 Å². The van der Waals surface area contributed by atoms with Crippen LogP contribution in [0.1, 0.15) is 5.69 Å². The van der Waals surface area contributed by atoms with Crippen LogP contribution in [0, 0.1) is 0 Å². The van der Waals surface area contributed by atoms with Crippen LogP contribution in [0.5, 0.6) is 5.75 Å². The molecule has 3 aromatic rings. The van der Waals surface area contributed by atoms with Crippen molar-refractivity contribution in [3.05, 3.63) is 64.6 Å². The van der Waals surface area contributed by atoms with Crippen LogP contribution >= 0.6 is 22.9 Å². The summed E-state index contributed by atoms with van der Waals surface area (Å²) in [6.45, 7) is 2.94. The van der Waals surface area contributed by atoms with Crippen LogP contribution in [-0.4, -0.2) is 49.1 Å². The molecule has 6 nitrogen and oxygen atoms in total. The highest BCUT2D eigenvalue weighted by molar-refractivity contribution is 7.13. The highest BCUT2D eigenvalue weighted by atomic mass is 35.5. The van der Waals surface area contributed by atoms with E-state index in [4.69, 9.17) is 16.3 Å². The van der Waals surface area contributed by atoms with Gasteiger partial charge in [0.05, 0.1) is 24.9 Å². The fraction of sp³-hybridized carbons (Fsp3) is 0.273. The molecule has 0 spiro atoms. The Morgan fingerprint density at radius 3 is 2.73 bits per heavy atom. The predicted molar refractivity (Wildman–Crippen MR) is 122 cm³/mol. The largest absolute Gasteiger partial charge is 0.495 e. The van der Waals surface area contributed by atoms with Crippen LogP contribution in [0.2, 0.25) is 5.02 Å². The molecule has 0 bridgehead atoms. The third kappa shape index (κ3) is 4.86. The Hall–Kier alpha value is -2.77. The van der Waals surface area contributed by atoms with E-state index in [0.29, 0.717) is 24.5 Å². The van der Waals surface area contributed by atoms with E-state index in [9.17, 15) is 4.79 Å². The average Bonchev–Trinajstić information content (AvgIpc) is 3.20. The van der Waals surface area contributed by atoms with Gasteiger partial charge in [-0.3, -0.25) is 4.79 Å². The molecule has 0 aliphatic carbocycles. The summed E-state index contributed by atoms with van der Waals surface area (Å²) in [6.07, 6.45) is 0.308. The van der Waals surface area contributed by atoms with Crippen molar-refractivity contribution in [1.82, 2.24) is 9.88 Å².